The van der Waals surface area contributed by atoms with Gasteiger partial charge in [-0.25, -0.2) is 0 Å². The van der Waals surface area contributed by atoms with Crippen molar-refractivity contribution in [2.45, 2.75) is 26.2 Å². The Morgan fingerprint density at radius 1 is 1.33 bits per heavy atom. The van der Waals surface area contributed by atoms with Crippen LogP contribution in [-0.4, -0.2) is 15.7 Å². The lowest BCUT2D eigenvalue weighted by Gasteiger charge is -2.05. The third-order valence-electron chi connectivity index (χ3n) is 2.78. The highest BCUT2D eigenvalue weighted by Crippen LogP contribution is 2.21. The van der Waals surface area contributed by atoms with Crippen molar-refractivity contribution in [2.75, 3.05) is 5.73 Å². The number of hydrogen-bond acceptors (Lipinski definition) is 3. The number of nitrogens with zero attached hydrogens (tertiary/aromatic N) is 2. The lowest BCUT2D eigenvalue weighted by Crippen LogP contribution is -2.13. The molecule has 0 amide bonds. The summed E-state index contributed by atoms with van der Waals surface area (Å²) in [6.07, 6.45) is 2.35. The van der Waals surface area contributed by atoms with Crippen molar-refractivity contribution in [1.82, 2.24) is 9.78 Å². The van der Waals surface area contributed by atoms with E-state index in [9.17, 15) is 4.79 Å². The van der Waals surface area contributed by atoms with Gasteiger partial charge in [-0.3, -0.25) is 4.79 Å². The third kappa shape index (κ3) is 2.59. The summed E-state index contributed by atoms with van der Waals surface area (Å²) >= 11 is 0. The van der Waals surface area contributed by atoms with E-state index in [1.165, 1.54) is 4.68 Å². The summed E-state index contributed by atoms with van der Waals surface area (Å²) in [5.74, 6) is 0.367. The molecule has 0 fully saturated rings. The zero-order valence-corrected chi connectivity index (χ0v) is 10.5. The van der Waals surface area contributed by atoms with Crippen LogP contribution >= 0.6 is 0 Å². The van der Waals surface area contributed by atoms with Gasteiger partial charge < -0.3 is 5.73 Å². The van der Waals surface area contributed by atoms with Crippen molar-refractivity contribution in [3.05, 3.63) is 36.4 Å². The topological polar surface area (TPSA) is 60.9 Å². The molecule has 0 aliphatic carbocycles. The Kier molecular flexibility index (Phi) is 3.77. The van der Waals surface area contributed by atoms with Crippen molar-refractivity contribution in [3.8, 4) is 11.3 Å². The molecule has 0 spiro atoms. The van der Waals surface area contributed by atoms with Crippen LogP contribution in [0.3, 0.4) is 0 Å². The summed E-state index contributed by atoms with van der Waals surface area (Å²) in [5.41, 5.74) is 7.41. The van der Waals surface area contributed by atoms with E-state index in [-0.39, 0.29) is 5.91 Å². The number of carbonyl (C=O) groups excluding carboxylic acids is 1. The van der Waals surface area contributed by atoms with E-state index in [1.54, 1.807) is 6.07 Å². The second-order valence-electron chi connectivity index (χ2n) is 4.23. The lowest BCUT2D eigenvalue weighted by molar-refractivity contribution is 0.0886. The molecule has 0 bridgehead atoms. The summed E-state index contributed by atoms with van der Waals surface area (Å²) < 4.78 is 1.42. The first-order chi connectivity index (χ1) is 8.72. The summed E-state index contributed by atoms with van der Waals surface area (Å²) in [4.78, 5) is 12.1. The van der Waals surface area contributed by atoms with Crippen molar-refractivity contribution in [2.24, 2.45) is 0 Å². The van der Waals surface area contributed by atoms with Gasteiger partial charge in [0.1, 0.15) is 5.82 Å². The molecule has 0 radical (unpaired) electrons. The molecule has 0 saturated heterocycles. The summed E-state index contributed by atoms with van der Waals surface area (Å²) in [5, 5.41) is 4.08. The third-order valence-corrected chi connectivity index (χ3v) is 2.78. The maximum Gasteiger partial charge on any atom is 0.247 e. The van der Waals surface area contributed by atoms with Gasteiger partial charge in [0.05, 0.1) is 5.69 Å². The normalized spacial score (nSPS) is 10.5. The van der Waals surface area contributed by atoms with Crippen LogP contribution in [0.15, 0.2) is 36.4 Å². The fraction of sp³-hybridized carbons (Fsp3) is 0.286. The molecule has 0 unspecified atom stereocenters. The highest BCUT2D eigenvalue weighted by Gasteiger charge is 2.13. The second kappa shape index (κ2) is 5.49. The van der Waals surface area contributed by atoms with Crippen molar-refractivity contribution in [3.63, 3.8) is 0 Å². The average molecular weight is 243 g/mol. The lowest BCUT2D eigenvalue weighted by atomic mass is 10.1. The first-order valence-electron chi connectivity index (χ1n) is 6.16. The number of unbranched alkanes of at least 4 members (excludes halogenated alkanes) is 1. The van der Waals surface area contributed by atoms with E-state index in [2.05, 4.69) is 12.0 Å². The molecule has 0 atom stereocenters. The molecular formula is C14H17N3O. The Morgan fingerprint density at radius 2 is 2.06 bits per heavy atom. The van der Waals surface area contributed by atoms with Crippen LogP contribution in [0, 0.1) is 0 Å². The summed E-state index contributed by atoms with van der Waals surface area (Å²) in [7, 11) is 0. The zero-order chi connectivity index (χ0) is 13.0. The van der Waals surface area contributed by atoms with Crippen molar-refractivity contribution < 1.29 is 4.79 Å². The molecule has 1 heterocycles. The van der Waals surface area contributed by atoms with Gasteiger partial charge in [0.2, 0.25) is 5.91 Å². The molecule has 4 heteroatoms. The first-order valence-corrected chi connectivity index (χ1v) is 6.16. The second-order valence-corrected chi connectivity index (χ2v) is 4.23. The van der Waals surface area contributed by atoms with Gasteiger partial charge in [0, 0.05) is 18.1 Å². The molecule has 1 aromatic heterocycles. The monoisotopic (exact) mass is 243 g/mol. The number of aromatic nitrogens is 2. The average Bonchev–Trinajstić information content (AvgIpc) is 2.79. The molecule has 2 aromatic rings. The van der Waals surface area contributed by atoms with E-state index in [4.69, 9.17) is 5.73 Å². The Hall–Kier alpha value is -2.10. The fourth-order valence-corrected chi connectivity index (χ4v) is 1.84. The van der Waals surface area contributed by atoms with Crippen LogP contribution in [-0.2, 0) is 0 Å². The van der Waals surface area contributed by atoms with E-state index in [1.807, 2.05) is 30.3 Å². The molecular weight excluding hydrogens is 226 g/mol. The Labute approximate surface area is 106 Å². The molecule has 94 valence electrons. The number of carbonyl (C=O) groups is 1. The molecule has 0 aliphatic rings. The standard InChI is InChI=1S/C14H17N3O/c1-2-3-9-14(18)17-12(10-13(15)16-17)11-7-5-4-6-8-11/h4-8,10H,2-3,9H2,1H3,(H2,15,16). The fourth-order valence-electron chi connectivity index (χ4n) is 1.84. The molecule has 18 heavy (non-hydrogen) atoms. The smallest absolute Gasteiger partial charge is 0.247 e. The van der Waals surface area contributed by atoms with E-state index in [0.717, 1.165) is 24.1 Å². The predicted octanol–water partition coefficient (Wildman–Crippen LogP) is 2.96. The SMILES string of the molecule is CCCCC(=O)n1nc(N)cc1-c1ccccc1. The number of nitrogen functional groups attached to an aromatic ring is 1. The highest BCUT2D eigenvalue weighted by atomic mass is 16.2. The molecule has 0 saturated carbocycles. The van der Waals surface area contributed by atoms with Crippen LogP contribution in [0.2, 0.25) is 0 Å². The summed E-state index contributed by atoms with van der Waals surface area (Å²) in [6, 6.07) is 11.4. The largest absolute Gasteiger partial charge is 0.382 e. The minimum Gasteiger partial charge on any atom is -0.382 e. The summed E-state index contributed by atoms with van der Waals surface area (Å²) in [6.45, 7) is 2.06. The molecule has 2 rings (SSSR count). The minimum absolute atomic E-state index is 0.00703. The Bertz CT molecular complexity index is 531. The first kappa shape index (κ1) is 12.4. The Balaban J connectivity index is 2.34. The molecule has 0 aliphatic heterocycles. The molecule has 1 aromatic carbocycles. The van der Waals surface area contributed by atoms with Crippen LogP contribution in [0.1, 0.15) is 31.0 Å². The van der Waals surface area contributed by atoms with Crippen LogP contribution < -0.4 is 5.73 Å². The predicted molar refractivity (Wildman–Crippen MR) is 72.2 cm³/mol. The van der Waals surface area contributed by atoms with E-state index < -0.39 is 0 Å². The minimum atomic E-state index is -0.00703. The number of hydrogen-bond donors (Lipinski definition) is 1. The van der Waals surface area contributed by atoms with Crippen LogP contribution in [0.25, 0.3) is 11.3 Å². The van der Waals surface area contributed by atoms with Gasteiger partial charge in [0.15, 0.2) is 0 Å². The quantitative estimate of drug-likeness (QED) is 0.898. The van der Waals surface area contributed by atoms with Gasteiger partial charge in [-0.2, -0.15) is 4.68 Å². The molecule has 2 N–H and O–H groups in total. The van der Waals surface area contributed by atoms with Crippen LogP contribution in [0.5, 0.6) is 0 Å². The highest BCUT2D eigenvalue weighted by molar-refractivity contribution is 5.84. The number of nitrogens with two attached hydrogens (primary N) is 1. The number of benzene rings is 1. The van der Waals surface area contributed by atoms with Gasteiger partial charge in [-0.15, -0.1) is 5.10 Å². The van der Waals surface area contributed by atoms with E-state index in [0.29, 0.717) is 12.2 Å². The van der Waals surface area contributed by atoms with Crippen LogP contribution in [0.4, 0.5) is 5.82 Å². The van der Waals surface area contributed by atoms with Gasteiger partial charge in [0.25, 0.3) is 0 Å². The van der Waals surface area contributed by atoms with Gasteiger partial charge in [-0.05, 0) is 6.42 Å². The zero-order valence-electron chi connectivity index (χ0n) is 10.5. The van der Waals surface area contributed by atoms with E-state index >= 15 is 0 Å². The number of anilines is 1. The maximum atomic E-state index is 12.1. The van der Waals surface area contributed by atoms with Gasteiger partial charge >= 0.3 is 0 Å². The molecule has 4 nitrogen and oxygen atoms in total. The Morgan fingerprint density at radius 3 is 2.72 bits per heavy atom. The van der Waals surface area contributed by atoms with Crippen molar-refractivity contribution >= 4 is 11.7 Å². The van der Waals surface area contributed by atoms with Gasteiger partial charge in [-0.1, -0.05) is 43.7 Å². The number of rotatable bonds is 4. The van der Waals surface area contributed by atoms with Crippen molar-refractivity contribution in [1.29, 1.82) is 0 Å². The maximum absolute atomic E-state index is 12.1.